The van der Waals surface area contributed by atoms with E-state index in [-0.39, 0.29) is 17.5 Å². The topological polar surface area (TPSA) is 102 Å². The second kappa shape index (κ2) is 5.51. The Balaban J connectivity index is 2.22. The summed E-state index contributed by atoms with van der Waals surface area (Å²) in [4.78, 5) is 0. The monoisotopic (exact) mass is 266 g/mol. The summed E-state index contributed by atoms with van der Waals surface area (Å²) in [5.41, 5.74) is 6.61. The number of H-pyrrole nitrogens is 1. The third-order valence-corrected chi connectivity index (χ3v) is 2.52. The van der Waals surface area contributed by atoms with Crippen molar-refractivity contribution in [3.63, 3.8) is 0 Å². The normalized spacial score (nSPS) is 12.2. The average Bonchev–Trinajstić information content (AvgIpc) is 2.89. The van der Waals surface area contributed by atoms with Gasteiger partial charge in [0, 0.05) is 12.1 Å². The van der Waals surface area contributed by atoms with Crippen LogP contribution in [0, 0.1) is 5.82 Å². The minimum absolute atomic E-state index is 0.152. The third-order valence-electron chi connectivity index (χ3n) is 2.52. The summed E-state index contributed by atoms with van der Waals surface area (Å²) >= 11 is 0. The fourth-order valence-electron chi connectivity index (χ4n) is 1.61. The number of nitrogens with zero attached hydrogens (tertiary/aromatic N) is 3. The van der Waals surface area contributed by atoms with Crippen molar-refractivity contribution < 1.29 is 9.13 Å². The van der Waals surface area contributed by atoms with Gasteiger partial charge >= 0.3 is 0 Å². The number of anilines is 2. The molecule has 1 aromatic heterocycles. The lowest BCUT2D eigenvalue weighted by atomic mass is 10.2. The van der Waals surface area contributed by atoms with Gasteiger partial charge in [-0.3, -0.25) is 0 Å². The Labute approximate surface area is 109 Å². The highest BCUT2D eigenvalue weighted by Crippen LogP contribution is 2.30. The van der Waals surface area contributed by atoms with Crippen molar-refractivity contribution in [2.45, 2.75) is 19.9 Å². The van der Waals surface area contributed by atoms with Gasteiger partial charge in [0.2, 0.25) is 0 Å². The Morgan fingerprint density at radius 1 is 1.53 bits per heavy atom. The summed E-state index contributed by atoms with van der Waals surface area (Å²) in [6, 6.07) is 2.52. The number of benzene rings is 1. The van der Waals surface area contributed by atoms with Crippen LogP contribution in [0.4, 0.5) is 15.8 Å². The minimum atomic E-state index is -0.489. The Hall–Kier alpha value is -2.38. The lowest BCUT2D eigenvalue weighted by Gasteiger charge is -2.15. The van der Waals surface area contributed by atoms with E-state index >= 15 is 0 Å². The highest BCUT2D eigenvalue weighted by atomic mass is 19.1. The van der Waals surface area contributed by atoms with E-state index in [2.05, 4.69) is 25.9 Å². The number of hydrogen-bond donors (Lipinski definition) is 3. The number of aromatic nitrogens is 4. The first-order valence-corrected chi connectivity index (χ1v) is 5.83. The third kappa shape index (κ3) is 2.90. The Morgan fingerprint density at radius 2 is 2.32 bits per heavy atom. The van der Waals surface area contributed by atoms with Crippen LogP contribution in [0.25, 0.3) is 0 Å². The van der Waals surface area contributed by atoms with Crippen molar-refractivity contribution in [2.75, 3.05) is 17.7 Å². The Bertz CT molecular complexity index is 544. The number of nitrogens with one attached hydrogen (secondary N) is 2. The maximum Gasteiger partial charge on any atom is 0.196 e. The van der Waals surface area contributed by atoms with Crippen LogP contribution in [0.3, 0.4) is 0 Å². The number of rotatable bonds is 5. The van der Waals surface area contributed by atoms with Gasteiger partial charge in [-0.25, -0.2) is 4.39 Å². The van der Waals surface area contributed by atoms with Crippen LogP contribution < -0.4 is 15.8 Å². The van der Waals surface area contributed by atoms with Crippen LogP contribution in [0.5, 0.6) is 5.75 Å². The summed E-state index contributed by atoms with van der Waals surface area (Å²) < 4.78 is 18.7. The van der Waals surface area contributed by atoms with Crippen LogP contribution in [-0.2, 0) is 0 Å². The molecule has 0 aliphatic heterocycles. The first-order chi connectivity index (χ1) is 9.11. The number of nitrogen functional groups attached to an aromatic ring is 1. The van der Waals surface area contributed by atoms with Gasteiger partial charge in [0.05, 0.1) is 24.0 Å². The quantitative estimate of drug-likeness (QED) is 0.709. The predicted octanol–water partition coefficient (Wildman–Crippen LogP) is 1.49. The smallest absolute Gasteiger partial charge is 0.196 e. The summed E-state index contributed by atoms with van der Waals surface area (Å²) in [5, 5.41) is 16.6. The highest BCUT2D eigenvalue weighted by molar-refractivity contribution is 5.69. The van der Waals surface area contributed by atoms with Gasteiger partial charge in [-0.05, 0) is 13.8 Å². The molecule has 0 amide bonds. The van der Waals surface area contributed by atoms with Crippen molar-refractivity contribution >= 4 is 11.4 Å². The maximum absolute atomic E-state index is 13.6. The lowest BCUT2D eigenvalue weighted by molar-refractivity contribution is 0.322. The van der Waals surface area contributed by atoms with E-state index in [1.807, 2.05) is 6.92 Å². The molecule has 0 bridgehead atoms. The van der Waals surface area contributed by atoms with Gasteiger partial charge in [-0.15, -0.1) is 10.2 Å². The standard InChI is InChI=1S/C11H15FN6O/c1-3-19-10-5-9(8(13)4-7(10)12)14-6(2)11-15-17-18-16-11/h4-6,14H,3,13H2,1-2H3,(H,15,16,17,18). The lowest BCUT2D eigenvalue weighted by Crippen LogP contribution is -2.11. The molecule has 0 aliphatic rings. The van der Waals surface area contributed by atoms with Crippen LogP contribution in [0.15, 0.2) is 12.1 Å². The Kier molecular flexibility index (Phi) is 3.79. The van der Waals surface area contributed by atoms with Crippen molar-refractivity contribution in [1.29, 1.82) is 0 Å². The highest BCUT2D eigenvalue weighted by Gasteiger charge is 2.14. The molecule has 1 aromatic carbocycles. The molecule has 0 aliphatic carbocycles. The van der Waals surface area contributed by atoms with Crippen LogP contribution in [0.1, 0.15) is 25.7 Å². The van der Waals surface area contributed by atoms with Gasteiger partial charge in [-0.2, -0.15) is 5.21 Å². The molecule has 1 atom stereocenters. The molecular formula is C11H15FN6O. The largest absolute Gasteiger partial charge is 0.491 e. The molecular weight excluding hydrogens is 251 g/mol. The number of ether oxygens (including phenoxy) is 1. The molecule has 0 radical (unpaired) electrons. The number of hydrogen-bond acceptors (Lipinski definition) is 6. The van der Waals surface area contributed by atoms with E-state index in [4.69, 9.17) is 10.5 Å². The Morgan fingerprint density at radius 3 is 2.95 bits per heavy atom. The zero-order valence-electron chi connectivity index (χ0n) is 10.6. The first kappa shape index (κ1) is 13.1. The van der Waals surface area contributed by atoms with Crippen LogP contribution in [0.2, 0.25) is 0 Å². The summed E-state index contributed by atoms with van der Waals surface area (Å²) in [7, 11) is 0. The molecule has 1 unspecified atom stereocenters. The molecule has 0 saturated carbocycles. The summed E-state index contributed by atoms with van der Waals surface area (Å²) in [6.45, 7) is 4.00. The first-order valence-electron chi connectivity index (χ1n) is 5.83. The minimum Gasteiger partial charge on any atom is -0.491 e. The molecule has 19 heavy (non-hydrogen) atoms. The zero-order chi connectivity index (χ0) is 13.8. The number of halogens is 1. The van der Waals surface area contributed by atoms with E-state index < -0.39 is 5.82 Å². The average molecular weight is 266 g/mol. The second-order valence-corrected chi connectivity index (χ2v) is 3.94. The fourth-order valence-corrected chi connectivity index (χ4v) is 1.61. The number of nitrogens with two attached hydrogens (primary N) is 1. The summed E-state index contributed by atoms with van der Waals surface area (Å²) in [5.74, 6) is 0.151. The zero-order valence-corrected chi connectivity index (χ0v) is 10.6. The molecule has 102 valence electrons. The van der Waals surface area contributed by atoms with E-state index in [9.17, 15) is 4.39 Å². The van der Waals surface area contributed by atoms with E-state index in [1.165, 1.54) is 12.1 Å². The SMILES string of the molecule is CCOc1cc(NC(C)c2nn[nH]n2)c(N)cc1F. The van der Waals surface area contributed by atoms with Gasteiger partial charge in [-0.1, -0.05) is 5.21 Å². The molecule has 0 fully saturated rings. The number of tetrazole rings is 1. The second-order valence-electron chi connectivity index (χ2n) is 3.94. The predicted molar refractivity (Wildman–Crippen MR) is 68.2 cm³/mol. The van der Waals surface area contributed by atoms with Crippen LogP contribution >= 0.6 is 0 Å². The molecule has 1 heterocycles. The molecule has 0 spiro atoms. The molecule has 2 aromatic rings. The van der Waals surface area contributed by atoms with E-state index in [0.29, 0.717) is 18.1 Å². The maximum atomic E-state index is 13.6. The van der Waals surface area contributed by atoms with Crippen molar-refractivity contribution in [3.05, 3.63) is 23.8 Å². The van der Waals surface area contributed by atoms with Gasteiger partial charge in [0.25, 0.3) is 0 Å². The van der Waals surface area contributed by atoms with Crippen molar-refractivity contribution in [2.24, 2.45) is 0 Å². The van der Waals surface area contributed by atoms with Crippen molar-refractivity contribution in [3.8, 4) is 5.75 Å². The van der Waals surface area contributed by atoms with Crippen molar-refractivity contribution in [1.82, 2.24) is 20.6 Å². The summed E-state index contributed by atoms with van der Waals surface area (Å²) in [6.07, 6.45) is 0. The van der Waals surface area contributed by atoms with Crippen LogP contribution in [-0.4, -0.2) is 27.2 Å². The van der Waals surface area contributed by atoms with Gasteiger partial charge in [0.15, 0.2) is 17.4 Å². The van der Waals surface area contributed by atoms with Gasteiger partial charge in [0.1, 0.15) is 0 Å². The van der Waals surface area contributed by atoms with Gasteiger partial charge < -0.3 is 15.8 Å². The van der Waals surface area contributed by atoms with E-state index in [0.717, 1.165) is 0 Å². The number of aromatic amines is 1. The van der Waals surface area contributed by atoms with E-state index in [1.54, 1.807) is 6.92 Å². The molecule has 7 nitrogen and oxygen atoms in total. The fraction of sp³-hybridized carbons (Fsp3) is 0.364. The molecule has 8 heteroatoms. The molecule has 0 saturated heterocycles. The molecule has 4 N–H and O–H groups in total. The molecule has 2 rings (SSSR count).